The van der Waals surface area contributed by atoms with Gasteiger partial charge in [-0.2, -0.15) is 0 Å². The van der Waals surface area contributed by atoms with Crippen LogP contribution in [0.5, 0.6) is 11.5 Å². The highest BCUT2D eigenvalue weighted by Crippen LogP contribution is 2.40. The molecule has 0 saturated carbocycles. The SMILES string of the molecule is COc1ccc(N2C(=O)/C(=C/c3ccc(-c4ccccc4Cl)o3)SC2=Nc2ccccc2OC)cc1. The van der Waals surface area contributed by atoms with Crippen LogP contribution in [-0.2, 0) is 4.79 Å². The Bertz CT molecular complexity index is 1480. The van der Waals surface area contributed by atoms with E-state index in [0.717, 1.165) is 5.56 Å². The summed E-state index contributed by atoms with van der Waals surface area (Å²) in [4.78, 5) is 20.4. The van der Waals surface area contributed by atoms with Crippen molar-refractivity contribution in [2.75, 3.05) is 19.1 Å². The van der Waals surface area contributed by atoms with Crippen LogP contribution in [0, 0.1) is 0 Å². The number of benzene rings is 3. The number of rotatable bonds is 6. The summed E-state index contributed by atoms with van der Waals surface area (Å²) in [6.45, 7) is 0. The second kappa shape index (κ2) is 10.4. The molecule has 0 radical (unpaired) electrons. The molecule has 0 N–H and O–H groups in total. The van der Waals surface area contributed by atoms with E-state index in [1.807, 2.05) is 66.7 Å². The van der Waals surface area contributed by atoms with Crippen LogP contribution in [0.15, 0.2) is 99.2 Å². The molecule has 1 aliphatic rings. The maximum atomic E-state index is 13.6. The first-order valence-corrected chi connectivity index (χ1v) is 12.2. The number of nitrogens with zero attached hydrogens (tertiary/aromatic N) is 2. The zero-order chi connectivity index (χ0) is 25.1. The fourth-order valence-corrected chi connectivity index (χ4v) is 4.90. The third-order valence-electron chi connectivity index (χ3n) is 5.48. The van der Waals surface area contributed by atoms with Gasteiger partial charge in [0, 0.05) is 11.6 Å². The standard InChI is InChI=1S/C28H21ClN2O4S/c1-33-19-13-11-18(12-14-19)31-27(32)26(36-28(31)30-23-9-5-6-10-25(23)34-2)17-20-15-16-24(35-20)21-7-3-4-8-22(21)29/h3-17H,1-2H3/b26-17-,30-28?. The molecular weight excluding hydrogens is 496 g/mol. The van der Waals surface area contributed by atoms with Crippen molar-refractivity contribution < 1.29 is 18.7 Å². The summed E-state index contributed by atoms with van der Waals surface area (Å²) in [7, 11) is 3.19. The average Bonchev–Trinajstić information content (AvgIpc) is 3.49. The zero-order valence-electron chi connectivity index (χ0n) is 19.5. The Morgan fingerprint density at radius 3 is 2.42 bits per heavy atom. The first-order valence-electron chi connectivity index (χ1n) is 11.0. The average molecular weight is 517 g/mol. The van der Waals surface area contributed by atoms with E-state index in [1.54, 1.807) is 43.4 Å². The summed E-state index contributed by atoms with van der Waals surface area (Å²) in [5.74, 6) is 2.25. The number of amidine groups is 1. The van der Waals surface area contributed by atoms with Crippen LogP contribution in [0.2, 0.25) is 5.02 Å². The highest BCUT2D eigenvalue weighted by molar-refractivity contribution is 8.19. The number of methoxy groups -OCH3 is 2. The number of halogens is 1. The first-order chi connectivity index (χ1) is 17.6. The predicted molar refractivity (Wildman–Crippen MR) is 145 cm³/mol. The molecule has 8 heteroatoms. The molecule has 0 atom stereocenters. The van der Waals surface area contributed by atoms with Gasteiger partial charge in [0.05, 0.1) is 29.8 Å². The van der Waals surface area contributed by atoms with Gasteiger partial charge in [-0.3, -0.25) is 9.69 Å². The van der Waals surface area contributed by atoms with Crippen molar-refractivity contribution in [1.29, 1.82) is 0 Å². The number of amides is 1. The Balaban J connectivity index is 1.54. The van der Waals surface area contributed by atoms with Crippen molar-refractivity contribution >= 4 is 51.9 Å². The molecule has 1 aliphatic heterocycles. The van der Waals surface area contributed by atoms with E-state index >= 15 is 0 Å². The van der Waals surface area contributed by atoms with Gasteiger partial charge >= 0.3 is 0 Å². The molecular formula is C28H21ClN2O4S. The van der Waals surface area contributed by atoms with Crippen molar-refractivity contribution in [3.63, 3.8) is 0 Å². The lowest BCUT2D eigenvalue weighted by Gasteiger charge is -2.16. The van der Waals surface area contributed by atoms with Gasteiger partial charge in [-0.1, -0.05) is 35.9 Å². The smallest absolute Gasteiger partial charge is 0.271 e. The summed E-state index contributed by atoms with van der Waals surface area (Å²) in [6.07, 6.45) is 1.72. The van der Waals surface area contributed by atoms with Crippen LogP contribution < -0.4 is 14.4 Å². The molecule has 1 saturated heterocycles. The number of anilines is 1. The lowest BCUT2D eigenvalue weighted by atomic mass is 10.2. The number of hydrogen-bond acceptors (Lipinski definition) is 6. The molecule has 36 heavy (non-hydrogen) atoms. The molecule has 4 aromatic rings. The first kappa shape index (κ1) is 23.8. The van der Waals surface area contributed by atoms with E-state index in [4.69, 9.17) is 30.5 Å². The van der Waals surface area contributed by atoms with Gasteiger partial charge in [-0.25, -0.2) is 4.99 Å². The van der Waals surface area contributed by atoms with Gasteiger partial charge in [-0.05, 0) is 72.4 Å². The van der Waals surface area contributed by atoms with Crippen molar-refractivity contribution in [1.82, 2.24) is 0 Å². The van der Waals surface area contributed by atoms with E-state index in [9.17, 15) is 4.79 Å². The fourth-order valence-electron chi connectivity index (χ4n) is 3.70. The second-order valence-electron chi connectivity index (χ2n) is 7.70. The van der Waals surface area contributed by atoms with Gasteiger partial charge < -0.3 is 13.9 Å². The van der Waals surface area contributed by atoms with Gasteiger partial charge in [0.1, 0.15) is 28.7 Å². The summed E-state index contributed by atoms with van der Waals surface area (Å²) in [6, 6.07) is 25.8. The summed E-state index contributed by atoms with van der Waals surface area (Å²) >= 11 is 7.58. The van der Waals surface area contributed by atoms with Gasteiger partial charge in [0.25, 0.3) is 5.91 Å². The van der Waals surface area contributed by atoms with Crippen LogP contribution in [0.25, 0.3) is 17.4 Å². The molecule has 1 amide bonds. The van der Waals surface area contributed by atoms with Crippen LogP contribution in [0.3, 0.4) is 0 Å². The number of ether oxygens (including phenoxy) is 2. The van der Waals surface area contributed by atoms with E-state index in [1.165, 1.54) is 11.8 Å². The number of carbonyl (C=O) groups is 1. The van der Waals surface area contributed by atoms with Gasteiger partial charge in [0.2, 0.25) is 0 Å². The topological polar surface area (TPSA) is 64.3 Å². The molecule has 180 valence electrons. The Morgan fingerprint density at radius 1 is 0.917 bits per heavy atom. The maximum absolute atomic E-state index is 13.6. The van der Waals surface area contributed by atoms with Gasteiger partial charge in [0.15, 0.2) is 5.17 Å². The van der Waals surface area contributed by atoms with Crippen LogP contribution in [-0.4, -0.2) is 25.3 Å². The van der Waals surface area contributed by atoms with Crippen LogP contribution >= 0.6 is 23.4 Å². The lowest BCUT2D eigenvalue weighted by Crippen LogP contribution is -2.28. The largest absolute Gasteiger partial charge is 0.497 e. The quantitative estimate of drug-likeness (QED) is 0.249. The number of thioether (sulfide) groups is 1. The second-order valence-corrected chi connectivity index (χ2v) is 9.11. The Kier molecular flexibility index (Phi) is 6.84. The van der Waals surface area contributed by atoms with Crippen molar-refractivity contribution in [3.05, 3.63) is 101 Å². The summed E-state index contributed by atoms with van der Waals surface area (Å²) in [5, 5.41) is 1.09. The molecule has 3 aromatic carbocycles. The van der Waals surface area contributed by atoms with Crippen molar-refractivity contribution in [3.8, 4) is 22.8 Å². The van der Waals surface area contributed by atoms with Crippen molar-refractivity contribution in [2.24, 2.45) is 4.99 Å². The Hall–Kier alpha value is -3.94. The number of carbonyl (C=O) groups excluding carboxylic acids is 1. The Morgan fingerprint density at radius 2 is 1.67 bits per heavy atom. The summed E-state index contributed by atoms with van der Waals surface area (Å²) in [5.41, 5.74) is 2.07. The molecule has 1 aromatic heterocycles. The third kappa shape index (κ3) is 4.76. The number of hydrogen-bond donors (Lipinski definition) is 0. The van der Waals surface area contributed by atoms with E-state index < -0.39 is 0 Å². The monoisotopic (exact) mass is 516 g/mol. The van der Waals surface area contributed by atoms with Crippen molar-refractivity contribution in [2.45, 2.75) is 0 Å². The number of aliphatic imine (C=N–C) groups is 1. The lowest BCUT2D eigenvalue weighted by molar-refractivity contribution is -0.113. The molecule has 1 fully saturated rings. The van der Waals surface area contributed by atoms with E-state index in [2.05, 4.69) is 0 Å². The van der Waals surface area contributed by atoms with Crippen LogP contribution in [0.4, 0.5) is 11.4 Å². The molecule has 5 rings (SSSR count). The molecule has 0 unspecified atom stereocenters. The third-order valence-corrected chi connectivity index (χ3v) is 6.78. The molecule has 0 bridgehead atoms. The number of para-hydroxylation sites is 2. The number of furan rings is 1. The molecule has 2 heterocycles. The van der Waals surface area contributed by atoms with Gasteiger partial charge in [-0.15, -0.1) is 0 Å². The predicted octanol–water partition coefficient (Wildman–Crippen LogP) is 7.43. The molecule has 6 nitrogen and oxygen atoms in total. The molecule has 0 spiro atoms. The Labute approximate surface area is 217 Å². The normalized spacial score (nSPS) is 15.6. The molecule has 0 aliphatic carbocycles. The zero-order valence-corrected chi connectivity index (χ0v) is 21.0. The summed E-state index contributed by atoms with van der Waals surface area (Å²) < 4.78 is 16.7. The van der Waals surface area contributed by atoms with E-state index in [-0.39, 0.29) is 5.91 Å². The minimum atomic E-state index is -0.213. The minimum Gasteiger partial charge on any atom is -0.497 e. The maximum Gasteiger partial charge on any atom is 0.271 e. The highest BCUT2D eigenvalue weighted by atomic mass is 35.5. The fraction of sp³-hybridized carbons (Fsp3) is 0.0714. The highest BCUT2D eigenvalue weighted by Gasteiger charge is 2.35. The van der Waals surface area contributed by atoms with Crippen LogP contribution in [0.1, 0.15) is 5.76 Å². The van der Waals surface area contributed by atoms with E-state index in [0.29, 0.717) is 49.5 Å². The minimum absolute atomic E-state index is 0.213.